The molecule has 0 bridgehead atoms. The van der Waals surface area contributed by atoms with Gasteiger partial charge in [0.1, 0.15) is 5.75 Å². The van der Waals surface area contributed by atoms with E-state index in [2.05, 4.69) is 10.3 Å². The average molecular weight is 415 g/mol. The van der Waals surface area contributed by atoms with Crippen LogP contribution in [0.25, 0.3) is 11.3 Å². The Hall–Kier alpha value is -2.84. The molecule has 0 fully saturated rings. The Bertz CT molecular complexity index is 1090. The van der Waals surface area contributed by atoms with Crippen LogP contribution in [0.1, 0.15) is 22.2 Å². The molecule has 0 saturated carbocycles. The summed E-state index contributed by atoms with van der Waals surface area (Å²) in [6.07, 6.45) is 0. The van der Waals surface area contributed by atoms with E-state index in [1.165, 1.54) is 6.92 Å². The van der Waals surface area contributed by atoms with E-state index < -0.39 is 21.5 Å². The number of aromatic nitrogens is 1. The van der Waals surface area contributed by atoms with Gasteiger partial charge in [-0.2, -0.15) is 0 Å². The third-order valence-electron chi connectivity index (χ3n) is 3.82. The van der Waals surface area contributed by atoms with Gasteiger partial charge < -0.3 is 5.32 Å². The van der Waals surface area contributed by atoms with Gasteiger partial charge in [0.15, 0.2) is 20.8 Å². The lowest BCUT2D eigenvalue weighted by Crippen LogP contribution is -2.23. The second-order valence-corrected chi connectivity index (χ2v) is 9.25. The largest absolute Gasteiger partial charge is 0.301 e. The lowest BCUT2D eigenvalue weighted by molar-refractivity contribution is -0.113. The van der Waals surface area contributed by atoms with E-state index in [0.29, 0.717) is 16.1 Å². The summed E-state index contributed by atoms with van der Waals surface area (Å²) < 4.78 is 24.5. The smallest absolute Gasteiger partial charge is 0.241 e. The zero-order valence-corrected chi connectivity index (χ0v) is 16.7. The van der Waals surface area contributed by atoms with Gasteiger partial charge >= 0.3 is 0 Å². The lowest BCUT2D eigenvalue weighted by atomic mass is 10.1. The number of sulfone groups is 1. The van der Waals surface area contributed by atoms with E-state index in [-0.39, 0.29) is 16.7 Å². The first kappa shape index (κ1) is 19.9. The molecule has 1 amide bonds. The SMILES string of the molecule is CC(=O)c1sc(NC(=O)CS(=O)(=O)Cc2ccccc2)nc1-c1ccccc1. The molecule has 0 aliphatic carbocycles. The van der Waals surface area contributed by atoms with E-state index in [4.69, 9.17) is 0 Å². The number of carbonyl (C=O) groups excluding carboxylic acids is 2. The molecule has 144 valence electrons. The monoisotopic (exact) mass is 414 g/mol. The van der Waals surface area contributed by atoms with Crippen LogP contribution in [0.3, 0.4) is 0 Å². The first-order chi connectivity index (χ1) is 13.3. The molecular weight excluding hydrogens is 396 g/mol. The Morgan fingerprint density at radius 1 is 1.00 bits per heavy atom. The number of hydrogen-bond acceptors (Lipinski definition) is 6. The summed E-state index contributed by atoms with van der Waals surface area (Å²) >= 11 is 1.03. The Balaban J connectivity index is 1.74. The topological polar surface area (TPSA) is 93.2 Å². The molecule has 0 unspecified atom stereocenters. The molecule has 1 aromatic heterocycles. The highest BCUT2D eigenvalue weighted by Gasteiger charge is 2.21. The number of anilines is 1. The number of Topliss-reactive ketones (excluding diaryl/α,β-unsaturated/α-hetero) is 1. The molecule has 6 nitrogen and oxygen atoms in total. The van der Waals surface area contributed by atoms with Gasteiger partial charge in [0.2, 0.25) is 5.91 Å². The van der Waals surface area contributed by atoms with Gasteiger partial charge in [-0.25, -0.2) is 13.4 Å². The summed E-state index contributed by atoms with van der Waals surface area (Å²) in [5.41, 5.74) is 1.84. The molecule has 2 aromatic carbocycles. The van der Waals surface area contributed by atoms with Crippen LogP contribution in [0.5, 0.6) is 0 Å². The molecule has 1 N–H and O–H groups in total. The summed E-state index contributed by atoms with van der Waals surface area (Å²) in [6, 6.07) is 17.8. The lowest BCUT2D eigenvalue weighted by Gasteiger charge is -2.04. The summed E-state index contributed by atoms with van der Waals surface area (Å²) in [6.45, 7) is 1.43. The molecular formula is C20H18N2O4S2. The standard InChI is InChI=1S/C20H18N2O4S2/c1-14(23)19-18(16-10-6-3-7-11-16)22-20(27-19)21-17(24)13-28(25,26)12-15-8-4-2-5-9-15/h2-11H,12-13H2,1H3,(H,21,22,24). The van der Waals surface area contributed by atoms with Gasteiger partial charge in [-0.3, -0.25) is 9.59 Å². The van der Waals surface area contributed by atoms with Crippen molar-refractivity contribution < 1.29 is 18.0 Å². The Morgan fingerprint density at radius 2 is 1.61 bits per heavy atom. The maximum Gasteiger partial charge on any atom is 0.241 e. The number of amides is 1. The zero-order chi connectivity index (χ0) is 20.1. The minimum Gasteiger partial charge on any atom is -0.301 e. The molecule has 0 atom stereocenters. The van der Waals surface area contributed by atoms with Crippen LogP contribution in [0.15, 0.2) is 60.7 Å². The van der Waals surface area contributed by atoms with Crippen LogP contribution in [0, 0.1) is 0 Å². The van der Waals surface area contributed by atoms with Crippen LogP contribution >= 0.6 is 11.3 Å². The van der Waals surface area contributed by atoms with Crippen molar-refractivity contribution in [3.63, 3.8) is 0 Å². The minimum atomic E-state index is -3.63. The number of benzene rings is 2. The average Bonchev–Trinajstić information content (AvgIpc) is 3.06. The summed E-state index contributed by atoms with van der Waals surface area (Å²) in [4.78, 5) is 28.9. The number of nitrogens with zero attached hydrogens (tertiary/aromatic N) is 1. The van der Waals surface area contributed by atoms with E-state index in [1.54, 1.807) is 30.3 Å². The number of nitrogens with one attached hydrogen (secondary N) is 1. The predicted molar refractivity (Wildman–Crippen MR) is 110 cm³/mol. The van der Waals surface area contributed by atoms with Gasteiger partial charge in [-0.15, -0.1) is 0 Å². The maximum absolute atomic E-state index is 12.3. The molecule has 0 spiro atoms. The molecule has 0 saturated heterocycles. The molecule has 8 heteroatoms. The van der Waals surface area contributed by atoms with Crippen LogP contribution in [-0.4, -0.2) is 30.8 Å². The molecule has 28 heavy (non-hydrogen) atoms. The molecule has 0 aliphatic heterocycles. The van der Waals surface area contributed by atoms with Crippen LogP contribution in [-0.2, 0) is 20.4 Å². The molecule has 3 aromatic rings. The zero-order valence-electron chi connectivity index (χ0n) is 15.1. The van der Waals surface area contributed by atoms with E-state index >= 15 is 0 Å². The number of hydrogen-bond donors (Lipinski definition) is 1. The van der Waals surface area contributed by atoms with Crippen LogP contribution in [0.4, 0.5) is 5.13 Å². The third-order valence-corrected chi connectivity index (χ3v) is 6.37. The first-order valence-corrected chi connectivity index (χ1v) is 11.1. The van der Waals surface area contributed by atoms with Crippen molar-refractivity contribution in [2.24, 2.45) is 0 Å². The highest BCUT2D eigenvalue weighted by molar-refractivity contribution is 7.91. The van der Waals surface area contributed by atoms with Crippen molar-refractivity contribution in [1.29, 1.82) is 0 Å². The molecule has 3 rings (SSSR count). The molecule has 0 aliphatic rings. The molecule has 0 radical (unpaired) electrons. The van der Waals surface area contributed by atoms with Crippen molar-refractivity contribution in [3.05, 3.63) is 71.1 Å². The van der Waals surface area contributed by atoms with Gasteiger partial charge in [0, 0.05) is 12.5 Å². The summed E-state index contributed by atoms with van der Waals surface area (Å²) in [5, 5.41) is 2.70. The number of thiazole rings is 1. The predicted octanol–water partition coefficient (Wildman–Crippen LogP) is 3.57. The fourth-order valence-electron chi connectivity index (χ4n) is 2.64. The first-order valence-electron chi connectivity index (χ1n) is 8.45. The van der Waals surface area contributed by atoms with Crippen molar-refractivity contribution in [2.75, 3.05) is 11.1 Å². The highest BCUT2D eigenvalue weighted by Crippen LogP contribution is 2.31. The van der Waals surface area contributed by atoms with E-state index in [1.807, 2.05) is 30.3 Å². The fraction of sp³-hybridized carbons (Fsp3) is 0.150. The summed E-state index contributed by atoms with van der Waals surface area (Å²) in [5.74, 6) is -1.72. The van der Waals surface area contributed by atoms with Crippen LogP contribution < -0.4 is 5.32 Å². The van der Waals surface area contributed by atoms with Gasteiger partial charge in [0.25, 0.3) is 0 Å². The second kappa shape index (κ2) is 8.45. The molecule has 1 heterocycles. The van der Waals surface area contributed by atoms with Crippen molar-refractivity contribution >= 4 is 38.0 Å². The number of ketones is 1. The minimum absolute atomic E-state index is 0.173. The normalized spacial score (nSPS) is 11.2. The van der Waals surface area contributed by atoms with Gasteiger partial charge in [-0.05, 0) is 5.56 Å². The number of rotatable bonds is 7. The van der Waals surface area contributed by atoms with Crippen molar-refractivity contribution in [3.8, 4) is 11.3 Å². The van der Waals surface area contributed by atoms with Gasteiger partial charge in [0.05, 0.1) is 16.3 Å². The Labute approximate surface area is 167 Å². The van der Waals surface area contributed by atoms with E-state index in [9.17, 15) is 18.0 Å². The third kappa shape index (κ3) is 5.11. The Kier molecular flexibility index (Phi) is 6.01. The fourth-order valence-corrected chi connectivity index (χ4v) is 4.81. The van der Waals surface area contributed by atoms with E-state index in [0.717, 1.165) is 16.9 Å². The highest BCUT2D eigenvalue weighted by atomic mass is 32.2. The quantitative estimate of drug-likeness (QED) is 0.597. The number of carbonyl (C=O) groups is 2. The Morgan fingerprint density at radius 3 is 2.21 bits per heavy atom. The maximum atomic E-state index is 12.3. The van der Waals surface area contributed by atoms with Crippen LogP contribution in [0.2, 0.25) is 0 Å². The van der Waals surface area contributed by atoms with Crippen molar-refractivity contribution in [1.82, 2.24) is 4.98 Å². The van der Waals surface area contributed by atoms with Gasteiger partial charge in [-0.1, -0.05) is 72.0 Å². The summed E-state index contributed by atoms with van der Waals surface area (Å²) in [7, 11) is -3.63. The second-order valence-electron chi connectivity index (χ2n) is 6.18. The van der Waals surface area contributed by atoms with Crippen molar-refractivity contribution in [2.45, 2.75) is 12.7 Å².